The van der Waals surface area contributed by atoms with E-state index in [4.69, 9.17) is 4.42 Å². The van der Waals surface area contributed by atoms with Gasteiger partial charge in [0.15, 0.2) is 5.76 Å². The Morgan fingerprint density at radius 1 is 1.20 bits per heavy atom. The predicted molar refractivity (Wildman–Crippen MR) is 95.1 cm³/mol. The van der Waals surface area contributed by atoms with Crippen LogP contribution < -0.4 is 5.32 Å². The lowest BCUT2D eigenvalue weighted by atomic mass is 9.95. The van der Waals surface area contributed by atoms with Crippen molar-refractivity contribution in [2.24, 2.45) is 5.92 Å². The maximum Gasteiger partial charge on any atom is 0.289 e. The van der Waals surface area contributed by atoms with E-state index in [-0.39, 0.29) is 17.7 Å². The molecule has 1 N–H and O–H groups in total. The van der Waals surface area contributed by atoms with Crippen molar-refractivity contribution in [2.75, 3.05) is 13.1 Å². The van der Waals surface area contributed by atoms with Crippen LogP contribution in [0.2, 0.25) is 0 Å². The summed E-state index contributed by atoms with van der Waals surface area (Å²) in [5.74, 6) is 0.299. The van der Waals surface area contributed by atoms with Crippen molar-refractivity contribution in [3.63, 3.8) is 0 Å². The number of likely N-dealkylation sites (tertiary alicyclic amines) is 1. The second kappa shape index (κ2) is 7.55. The van der Waals surface area contributed by atoms with E-state index in [2.05, 4.69) is 37.4 Å². The summed E-state index contributed by atoms with van der Waals surface area (Å²) in [6, 6.07) is 9.63. The first-order valence-corrected chi connectivity index (χ1v) is 8.71. The summed E-state index contributed by atoms with van der Waals surface area (Å²) < 4.78 is 5.16. The maximum atomic E-state index is 12.4. The Morgan fingerprint density at radius 3 is 2.60 bits per heavy atom. The highest BCUT2D eigenvalue weighted by molar-refractivity contribution is 5.91. The number of aryl methyl sites for hydroxylation is 2. The van der Waals surface area contributed by atoms with E-state index in [9.17, 15) is 9.59 Å². The van der Waals surface area contributed by atoms with Crippen molar-refractivity contribution in [1.29, 1.82) is 0 Å². The number of nitrogens with one attached hydrogen (secondary N) is 1. The van der Waals surface area contributed by atoms with Crippen LogP contribution in [0.3, 0.4) is 0 Å². The molecule has 3 rings (SSSR count). The number of carbonyl (C=O) groups is 2. The van der Waals surface area contributed by atoms with Crippen molar-refractivity contribution >= 4 is 11.8 Å². The molecule has 1 saturated heterocycles. The largest absolute Gasteiger partial charge is 0.459 e. The van der Waals surface area contributed by atoms with Crippen LogP contribution >= 0.6 is 0 Å². The summed E-state index contributed by atoms with van der Waals surface area (Å²) in [7, 11) is 0. The van der Waals surface area contributed by atoms with Crippen LogP contribution in [0.25, 0.3) is 0 Å². The van der Waals surface area contributed by atoms with E-state index in [1.165, 1.54) is 17.4 Å². The summed E-state index contributed by atoms with van der Waals surface area (Å²) in [5, 5.41) is 3.04. The van der Waals surface area contributed by atoms with Crippen LogP contribution in [0.5, 0.6) is 0 Å². The zero-order valence-electron chi connectivity index (χ0n) is 14.7. The molecule has 0 unspecified atom stereocenters. The summed E-state index contributed by atoms with van der Waals surface area (Å²) in [4.78, 5) is 26.4. The summed E-state index contributed by atoms with van der Waals surface area (Å²) >= 11 is 0. The van der Waals surface area contributed by atoms with Gasteiger partial charge in [0.25, 0.3) is 5.91 Å². The van der Waals surface area contributed by atoms with Gasteiger partial charge in [0.2, 0.25) is 5.91 Å². The second-order valence-corrected chi connectivity index (χ2v) is 6.69. The molecule has 1 fully saturated rings. The molecule has 5 heteroatoms. The number of amides is 2. The number of piperidine rings is 1. The molecule has 132 valence electrons. The van der Waals surface area contributed by atoms with Crippen molar-refractivity contribution in [3.05, 3.63) is 59.0 Å². The van der Waals surface area contributed by atoms with Gasteiger partial charge in [-0.3, -0.25) is 9.59 Å². The number of furan rings is 1. The van der Waals surface area contributed by atoms with Gasteiger partial charge in [-0.25, -0.2) is 0 Å². The summed E-state index contributed by atoms with van der Waals surface area (Å²) in [6.45, 7) is 5.85. The number of nitrogens with zero attached hydrogens (tertiary/aromatic N) is 1. The van der Waals surface area contributed by atoms with E-state index >= 15 is 0 Å². The van der Waals surface area contributed by atoms with Crippen LogP contribution in [0.1, 0.15) is 40.1 Å². The van der Waals surface area contributed by atoms with E-state index in [0.717, 1.165) is 5.56 Å². The van der Waals surface area contributed by atoms with Gasteiger partial charge in [0, 0.05) is 25.6 Å². The molecule has 1 aromatic carbocycles. The smallest absolute Gasteiger partial charge is 0.289 e. The zero-order chi connectivity index (χ0) is 17.8. The third-order valence-corrected chi connectivity index (χ3v) is 4.84. The van der Waals surface area contributed by atoms with Crippen LogP contribution in [0.4, 0.5) is 0 Å². The van der Waals surface area contributed by atoms with E-state index in [1.807, 2.05) is 0 Å². The Labute approximate surface area is 148 Å². The zero-order valence-corrected chi connectivity index (χ0v) is 14.7. The molecule has 2 aromatic rings. The Morgan fingerprint density at radius 2 is 1.96 bits per heavy atom. The molecule has 0 spiro atoms. The van der Waals surface area contributed by atoms with Crippen molar-refractivity contribution < 1.29 is 14.0 Å². The molecule has 2 amide bonds. The molecule has 25 heavy (non-hydrogen) atoms. The Hall–Kier alpha value is -2.56. The normalized spacial score (nSPS) is 15.2. The fourth-order valence-corrected chi connectivity index (χ4v) is 3.27. The standard InChI is InChI=1S/C20H24N2O3/c1-14-5-6-17(15(2)12-14)13-21-19(23)16-7-9-22(10-8-16)20(24)18-4-3-11-25-18/h3-6,11-12,16H,7-10,13H2,1-2H3,(H,21,23). The van der Waals surface area contributed by atoms with Crippen molar-refractivity contribution in [1.82, 2.24) is 10.2 Å². The molecular weight excluding hydrogens is 316 g/mol. The quantitative estimate of drug-likeness (QED) is 0.930. The van der Waals surface area contributed by atoms with E-state index in [1.54, 1.807) is 17.0 Å². The molecule has 0 bridgehead atoms. The maximum absolute atomic E-state index is 12.4. The van der Waals surface area contributed by atoms with Gasteiger partial charge in [-0.1, -0.05) is 23.8 Å². The molecule has 0 atom stereocenters. The molecule has 0 radical (unpaired) electrons. The highest BCUT2D eigenvalue weighted by Crippen LogP contribution is 2.20. The lowest BCUT2D eigenvalue weighted by Gasteiger charge is -2.30. The number of benzene rings is 1. The minimum Gasteiger partial charge on any atom is -0.459 e. The number of hydrogen-bond acceptors (Lipinski definition) is 3. The Balaban J connectivity index is 1.49. The van der Waals surface area contributed by atoms with Crippen LogP contribution in [-0.2, 0) is 11.3 Å². The number of hydrogen-bond donors (Lipinski definition) is 1. The van der Waals surface area contributed by atoms with Gasteiger partial charge in [0.1, 0.15) is 0 Å². The average Bonchev–Trinajstić information content (AvgIpc) is 3.15. The number of carbonyl (C=O) groups excluding carboxylic acids is 2. The highest BCUT2D eigenvalue weighted by atomic mass is 16.3. The monoisotopic (exact) mass is 340 g/mol. The molecular formula is C20H24N2O3. The molecule has 2 heterocycles. The predicted octanol–water partition coefficient (Wildman–Crippen LogP) is 3.07. The van der Waals surface area contributed by atoms with Gasteiger partial charge in [-0.2, -0.15) is 0 Å². The van der Waals surface area contributed by atoms with Gasteiger partial charge >= 0.3 is 0 Å². The Kier molecular flexibility index (Phi) is 5.22. The Bertz CT molecular complexity index is 744. The molecule has 0 saturated carbocycles. The van der Waals surface area contributed by atoms with Gasteiger partial charge in [-0.05, 0) is 49.9 Å². The fourth-order valence-electron chi connectivity index (χ4n) is 3.27. The molecule has 1 aromatic heterocycles. The highest BCUT2D eigenvalue weighted by Gasteiger charge is 2.28. The summed E-state index contributed by atoms with van der Waals surface area (Å²) in [6.07, 6.45) is 2.87. The van der Waals surface area contributed by atoms with Gasteiger partial charge in [0.05, 0.1) is 6.26 Å². The van der Waals surface area contributed by atoms with Crippen LogP contribution in [-0.4, -0.2) is 29.8 Å². The topological polar surface area (TPSA) is 62.6 Å². The average molecular weight is 340 g/mol. The minimum absolute atomic E-state index is 0.0357. The van der Waals surface area contributed by atoms with Crippen molar-refractivity contribution in [3.8, 4) is 0 Å². The fraction of sp³-hybridized carbons (Fsp3) is 0.400. The second-order valence-electron chi connectivity index (χ2n) is 6.69. The first-order valence-electron chi connectivity index (χ1n) is 8.71. The molecule has 0 aliphatic carbocycles. The van der Waals surface area contributed by atoms with Gasteiger partial charge < -0.3 is 14.6 Å². The first-order chi connectivity index (χ1) is 12.0. The van der Waals surface area contributed by atoms with Crippen molar-refractivity contribution in [2.45, 2.75) is 33.2 Å². The van der Waals surface area contributed by atoms with Crippen LogP contribution in [0, 0.1) is 19.8 Å². The van der Waals surface area contributed by atoms with E-state index in [0.29, 0.717) is 38.2 Å². The summed E-state index contributed by atoms with van der Waals surface area (Å²) in [5.41, 5.74) is 3.56. The molecule has 1 aliphatic heterocycles. The third-order valence-electron chi connectivity index (χ3n) is 4.84. The van der Waals surface area contributed by atoms with Gasteiger partial charge in [-0.15, -0.1) is 0 Å². The number of rotatable bonds is 4. The van der Waals surface area contributed by atoms with Crippen LogP contribution in [0.15, 0.2) is 41.0 Å². The van der Waals surface area contributed by atoms with E-state index < -0.39 is 0 Å². The minimum atomic E-state index is -0.0980. The molecule has 1 aliphatic rings. The lowest BCUT2D eigenvalue weighted by molar-refractivity contribution is -0.126. The SMILES string of the molecule is Cc1ccc(CNC(=O)C2CCN(C(=O)c3ccco3)CC2)c(C)c1. The first kappa shape index (κ1) is 17.3. The molecule has 5 nitrogen and oxygen atoms in total. The third kappa shape index (κ3) is 4.10. The lowest BCUT2D eigenvalue weighted by Crippen LogP contribution is -2.42.